The lowest BCUT2D eigenvalue weighted by Gasteiger charge is -2.11. The van der Waals surface area contributed by atoms with Crippen LogP contribution in [0.5, 0.6) is 0 Å². The smallest absolute Gasteiger partial charge is 0.194 e. The van der Waals surface area contributed by atoms with E-state index in [-0.39, 0.29) is 6.04 Å². The van der Waals surface area contributed by atoms with Gasteiger partial charge in [0.2, 0.25) is 0 Å². The molecule has 2 rings (SSSR count). The number of oxazole rings is 1. The number of likely N-dealkylation sites (tertiary alicyclic amines) is 1. The van der Waals surface area contributed by atoms with Crippen LogP contribution in [0.25, 0.3) is 0 Å². The van der Waals surface area contributed by atoms with Crippen molar-refractivity contribution in [2.24, 2.45) is 11.7 Å². The number of rotatable bonds is 4. The number of hydrogen-bond acceptors (Lipinski definition) is 4. The third-order valence-corrected chi connectivity index (χ3v) is 3.30. The maximum atomic E-state index is 5.74. The Bertz CT molecular complexity index is 335. The van der Waals surface area contributed by atoms with Crippen LogP contribution in [0.15, 0.2) is 10.6 Å². The molecule has 2 unspecified atom stereocenters. The van der Waals surface area contributed by atoms with Crippen molar-refractivity contribution in [2.45, 2.75) is 32.7 Å². The van der Waals surface area contributed by atoms with Crippen LogP contribution in [0.2, 0.25) is 0 Å². The van der Waals surface area contributed by atoms with Gasteiger partial charge in [0.15, 0.2) is 5.89 Å². The van der Waals surface area contributed by atoms with Gasteiger partial charge in [-0.15, -0.1) is 0 Å². The first-order chi connectivity index (χ1) is 7.69. The summed E-state index contributed by atoms with van der Waals surface area (Å²) in [5.41, 5.74) is 5.74. The minimum absolute atomic E-state index is 0.0584. The molecule has 0 radical (unpaired) electrons. The zero-order valence-corrected chi connectivity index (χ0v) is 10.1. The van der Waals surface area contributed by atoms with Gasteiger partial charge in [-0.1, -0.05) is 6.92 Å². The van der Waals surface area contributed by atoms with Gasteiger partial charge in [-0.3, -0.25) is 0 Å². The highest BCUT2D eigenvalue weighted by Crippen LogP contribution is 2.21. The van der Waals surface area contributed by atoms with Crippen LogP contribution >= 0.6 is 0 Å². The highest BCUT2D eigenvalue weighted by atomic mass is 16.4. The van der Waals surface area contributed by atoms with E-state index >= 15 is 0 Å². The Morgan fingerprint density at radius 2 is 2.50 bits per heavy atom. The van der Waals surface area contributed by atoms with Crippen molar-refractivity contribution in [1.82, 2.24) is 9.88 Å². The van der Waals surface area contributed by atoms with Crippen molar-refractivity contribution in [3.8, 4) is 0 Å². The highest BCUT2D eigenvalue weighted by molar-refractivity contribution is 4.99. The van der Waals surface area contributed by atoms with Crippen molar-refractivity contribution >= 4 is 0 Å². The lowest BCUT2D eigenvalue weighted by atomic mass is 10.1. The van der Waals surface area contributed by atoms with Crippen molar-refractivity contribution < 1.29 is 4.42 Å². The number of nitrogens with two attached hydrogens (primary N) is 1. The second-order valence-corrected chi connectivity index (χ2v) is 4.70. The molecule has 4 heteroatoms. The molecule has 0 amide bonds. The molecule has 0 aromatic carbocycles. The van der Waals surface area contributed by atoms with Crippen molar-refractivity contribution in [3.05, 3.63) is 17.8 Å². The van der Waals surface area contributed by atoms with Crippen LogP contribution in [-0.2, 0) is 6.42 Å². The predicted octanol–water partition coefficient (Wildman–Crippen LogP) is 1.58. The number of nitrogens with zero attached hydrogens (tertiary/aromatic N) is 2. The molecule has 1 aliphatic rings. The van der Waals surface area contributed by atoms with Gasteiger partial charge in [0.1, 0.15) is 5.76 Å². The molecule has 1 aromatic heterocycles. The molecule has 2 atom stereocenters. The summed E-state index contributed by atoms with van der Waals surface area (Å²) in [5, 5.41) is 0. The average Bonchev–Trinajstić information content (AvgIpc) is 2.87. The van der Waals surface area contributed by atoms with Crippen LogP contribution in [0.1, 0.15) is 38.0 Å². The van der Waals surface area contributed by atoms with E-state index in [4.69, 9.17) is 10.2 Å². The van der Waals surface area contributed by atoms with Crippen LogP contribution in [-0.4, -0.2) is 29.5 Å². The zero-order valence-electron chi connectivity index (χ0n) is 10.1. The Morgan fingerprint density at radius 1 is 1.69 bits per heavy atom. The molecule has 16 heavy (non-hydrogen) atoms. The van der Waals surface area contributed by atoms with Gasteiger partial charge in [0.05, 0.1) is 12.2 Å². The van der Waals surface area contributed by atoms with E-state index in [0.717, 1.165) is 24.6 Å². The summed E-state index contributed by atoms with van der Waals surface area (Å²) in [6.45, 7) is 7.65. The molecule has 90 valence electrons. The van der Waals surface area contributed by atoms with Crippen LogP contribution < -0.4 is 5.73 Å². The second-order valence-electron chi connectivity index (χ2n) is 4.70. The summed E-state index contributed by atoms with van der Waals surface area (Å²) < 4.78 is 5.62. The molecule has 1 aliphatic heterocycles. The largest absolute Gasteiger partial charge is 0.444 e. The summed E-state index contributed by atoms with van der Waals surface area (Å²) in [6.07, 6.45) is 3.96. The Morgan fingerprint density at radius 3 is 3.06 bits per heavy atom. The Kier molecular flexibility index (Phi) is 3.61. The minimum atomic E-state index is -0.0584. The fourth-order valence-electron chi connectivity index (χ4n) is 2.24. The lowest BCUT2D eigenvalue weighted by molar-refractivity contribution is 0.332. The predicted molar refractivity (Wildman–Crippen MR) is 63.0 cm³/mol. The first kappa shape index (κ1) is 11.6. The molecule has 0 saturated carbocycles. The van der Waals surface area contributed by atoms with E-state index in [2.05, 4.69) is 16.8 Å². The topological polar surface area (TPSA) is 55.3 Å². The number of aromatic nitrogens is 1. The van der Waals surface area contributed by atoms with Crippen molar-refractivity contribution in [3.63, 3.8) is 0 Å². The van der Waals surface area contributed by atoms with E-state index < -0.39 is 0 Å². The Hall–Kier alpha value is -0.870. The van der Waals surface area contributed by atoms with Gasteiger partial charge in [0.25, 0.3) is 0 Å². The van der Waals surface area contributed by atoms with Crippen LogP contribution in [0.4, 0.5) is 0 Å². The highest BCUT2D eigenvalue weighted by Gasteiger charge is 2.23. The third-order valence-electron chi connectivity index (χ3n) is 3.30. The summed E-state index contributed by atoms with van der Waals surface area (Å²) in [5.74, 6) is 2.33. The molecule has 2 heterocycles. The zero-order chi connectivity index (χ0) is 11.5. The van der Waals surface area contributed by atoms with Crippen molar-refractivity contribution in [2.75, 3.05) is 19.6 Å². The van der Waals surface area contributed by atoms with E-state index in [1.807, 2.05) is 6.92 Å². The Balaban J connectivity index is 1.89. The fraction of sp³-hybridized carbons (Fsp3) is 0.750. The monoisotopic (exact) mass is 223 g/mol. The van der Waals surface area contributed by atoms with E-state index in [1.54, 1.807) is 6.20 Å². The molecular weight excluding hydrogens is 202 g/mol. The SMILES string of the molecule is CCN1CCC(Cc2ncc(C(C)N)o2)C1. The molecule has 1 saturated heterocycles. The molecule has 0 spiro atoms. The minimum Gasteiger partial charge on any atom is -0.444 e. The lowest BCUT2D eigenvalue weighted by Crippen LogP contribution is -2.20. The average molecular weight is 223 g/mol. The fourth-order valence-corrected chi connectivity index (χ4v) is 2.24. The first-order valence-corrected chi connectivity index (χ1v) is 6.11. The summed E-state index contributed by atoms with van der Waals surface area (Å²) in [4.78, 5) is 6.76. The van der Waals surface area contributed by atoms with Crippen molar-refractivity contribution in [1.29, 1.82) is 0 Å². The van der Waals surface area contributed by atoms with Gasteiger partial charge in [-0.2, -0.15) is 0 Å². The molecular formula is C12H21N3O. The second kappa shape index (κ2) is 4.97. The van der Waals surface area contributed by atoms with Gasteiger partial charge in [0, 0.05) is 13.0 Å². The summed E-state index contributed by atoms with van der Waals surface area (Å²) >= 11 is 0. The molecule has 0 bridgehead atoms. The molecule has 1 aromatic rings. The number of hydrogen-bond donors (Lipinski definition) is 1. The third kappa shape index (κ3) is 2.62. The normalized spacial score (nSPS) is 23.8. The van der Waals surface area contributed by atoms with Gasteiger partial charge < -0.3 is 15.1 Å². The van der Waals surface area contributed by atoms with E-state index in [0.29, 0.717) is 5.92 Å². The molecule has 0 aliphatic carbocycles. The van der Waals surface area contributed by atoms with Crippen LogP contribution in [0, 0.1) is 5.92 Å². The standard InChI is InChI=1S/C12H21N3O/c1-3-15-5-4-10(8-15)6-12-14-7-11(16-12)9(2)13/h7,9-10H,3-6,8,13H2,1-2H3. The van der Waals surface area contributed by atoms with Crippen LogP contribution in [0.3, 0.4) is 0 Å². The molecule has 2 N–H and O–H groups in total. The maximum Gasteiger partial charge on any atom is 0.194 e. The van der Waals surface area contributed by atoms with Gasteiger partial charge in [-0.05, 0) is 32.4 Å². The van der Waals surface area contributed by atoms with Gasteiger partial charge in [-0.25, -0.2) is 4.98 Å². The summed E-state index contributed by atoms with van der Waals surface area (Å²) in [6, 6.07) is -0.0584. The Labute approximate surface area is 96.8 Å². The van der Waals surface area contributed by atoms with E-state index in [9.17, 15) is 0 Å². The molecule has 4 nitrogen and oxygen atoms in total. The van der Waals surface area contributed by atoms with Gasteiger partial charge >= 0.3 is 0 Å². The van der Waals surface area contributed by atoms with E-state index in [1.165, 1.54) is 19.5 Å². The molecule has 1 fully saturated rings. The summed E-state index contributed by atoms with van der Waals surface area (Å²) in [7, 11) is 0. The maximum absolute atomic E-state index is 5.74. The quantitative estimate of drug-likeness (QED) is 0.842. The first-order valence-electron chi connectivity index (χ1n) is 6.11.